The van der Waals surface area contributed by atoms with Crippen molar-refractivity contribution in [2.24, 2.45) is 5.92 Å². The molecule has 1 unspecified atom stereocenters. The average Bonchev–Trinajstić information content (AvgIpc) is 2.62. The molecular formula is C19H29N3O. The quantitative estimate of drug-likeness (QED) is 0.857. The lowest BCUT2D eigenvalue weighted by atomic mass is 10.0. The fraction of sp³-hybridized carbons (Fsp3) is 0.632. The van der Waals surface area contributed by atoms with Gasteiger partial charge in [-0.3, -0.25) is 9.69 Å². The monoisotopic (exact) mass is 315 g/mol. The molecule has 4 heteroatoms. The van der Waals surface area contributed by atoms with Crippen LogP contribution in [0.1, 0.15) is 26.7 Å². The summed E-state index contributed by atoms with van der Waals surface area (Å²) in [5.41, 5.74) is 1.33. The third-order valence-electron chi connectivity index (χ3n) is 5.15. The Balaban J connectivity index is 1.54. The third-order valence-corrected chi connectivity index (χ3v) is 5.15. The lowest BCUT2D eigenvalue weighted by Gasteiger charge is -2.44. The SMILES string of the molecule is CC(C)C(=O)N1CCCC(N2CCN(c3ccccc3)CC2)C1. The van der Waals surface area contributed by atoms with Gasteiger partial charge < -0.3 is 9.80 Å². The summed E-state index contributed by atoms with van der Waals surface area (Å²) in [5.74, 6) is 0.432. The van der Waals surface area contributed by atoms with E-state index in [1.54, 1.807) is 0 Å². The molecule has 1 amide bonds. The molecule has 2 fully saturated rings. The third kappa shape index (κ3) is 3.86. The number of hydrogen-bond acceptors (Lipinski definition) is 3. The van der Waals surface area contributed by atoms with Crippen LogP contribution in [0, 0.1) is 5.92 Å². The minimum absolute atomic E-state index is 0.115. The molecular weight excluding hydrogens is 286 g/mol. The Kier molecular flexibility index (Phi) is 5.21. The normalized spacial score (nSPS) is 23.3. The number of anilines is 1. The molecule has 3 rings (SSSR count). The highest BCUT2D eigenvalue weighted by Crippen LogP contribution is 2.21. The highest BCUT2D eigenvalue weighted by molar-refractivity contribution is 5.78. The van der Waals surface area contributed by atoms with Gasteiger partial charge in [-0.05, 0) is 25.0 Å². The van der Waals surface area contributed by atoms with E-state index in [-0.39, 0.29) is 5.92 Å². The molecule has 0 N–H and O–H groups in total. The van der Waals surface area contributed by atoms with Crippen LogP contribution in [0.25, 0.3) is 0 Å². The smallest absolute Gasteiger partial charge is 0.225 e. The summed E-state index contributed by atoms with van der Waals surface area (Å²) in [6, 6.07) is 11.2. The minimum Gasteiger partial charge on any atom is -0.369 e. The van der Waals surface area contributed by atoms with E-state index in [1.165, 1.54) is 12.1 Å². The summed E-state index contributed by atoms with van der Waals surface area (Å²) in [6.07, 6.45) is 2.37. The summed E-state index contributed by atoms with van der Waals surface area (Å²) >= 11 is 0. The van der Waals surface area contributed by atoms with E-state index in [4.69, 9.17) is 0 Å². The number of rotatable bonds is 3. The summed E-state index contributed by atoms with van der Waals surface area (Å²) in [4.78, 5) is 19.4. The molecule has 0 radical (unpaired) electrons. The van der Waals surface area contributed by atoms with Crippen LogP contribution in [0.3, 0.4) is 0 Å². The number of para-hydroxylation sites is 1. The number of carbonyl (C=O) groups is 1. The molecule has 0 spiro atoms. The Labute approximate surface area is 140 Å². The van der Waals surface area contributed by atoms with Gasteiger partial charge in [-0.15, -0.1) is 0 Å². The predicted octanol–water partition coefficient (Wildman–Crippen LogP) is 2.46. The van der Waals surface area contributed by atoms with E-state index >= 15 is 0 Å². The maximum atomic E-state index is 12.3. The number of piperazine rings is 1. The Morgan fingerprint density at radius 3 is 2.39 bits per heavy atom. The average molecular weight is 315 g/mol. The fourth-order valence-corrected chi connectivity index (χ4v) is 3.80. The van der Waals surface area contributed by atoms with Crippen LogP contribution in [0.15, 0.2) is 30.3 Å². The fourth-order valence-electron chi connectivity index (χ4n) is 3.80. The number of nitrogens with zero attached hydrogens (tertiary/aromatic N) is 3. The molecule has 1 aromatic carbocycles. The van der Waals surface area contributed by atoms with Crippen molar-refractivity contribution in [2.75, 3.05) is 44.2 Å². The zero-order valence-electron chi connectivity index (χ0n) is 14.4. The highest BCUT2D eigenvalue weighted by atomic mass is 16.2. The Morgan fingerprint density at radius 1 is 1.04 bits per heavy atom. The van der Waals surface area contributed by atoms with Crippen LogP contribution in [0.2, 0.25) is 0 Å². The van der Waals surface area contributed by atoms with E-state index in [2.05, 4.69) is 45.0 Å². The van der Waals surface area contributed by atoms with Crippen molar-refractivity contribution >= 4 is 11.6 Å². The first kappa shape index (κ1) is 16.3. The van der Waals surface area contributed by atoms with Crippen LogP contribution in [-0.4, -0.2) is 61.0 Å². The molecule has 1 atom stereocenters. The van der Waals surface area contributed by atoms with Gasteiger partial charge in [0.15, 0.2) is 0 Å². The van der Waals surface area contributed by atoms with Crippen molar-refractivity contribution in [2.45, 2.75) is 32.7 Å². The highest BCUT2D eigenvalue weighted by Gasteiger charge is 2.30. The molecule has 2 heterocycles. The van der Waals surface area contributed by atoms with Crippen LogP contribution in [0.4, 0.5) is 5.69 Å². The van der Waals surface area contributed by atoms with Crippen LogP contribution >= 0.6 is 0 Å². The van der Waals surface area contributed by atoms with Gasteiger partial charge in [-0.25, -0.2) is 0 Å². The number of hydrogen-bond donors (Lipinski definition) is 0. The second-order valence-electron chi connectivity index (χ2n) is 7.09. The van der Waals surface area contributed by atoms with Gasteiger partial charge in [0.1, 0.15) is 0 Å². The number of carbonyl (C=O) groups excluding carboxylic acids is 1. The van der Waals surface area contributed by atoms with Crippen molar-refractivity contribution in [3.05, 3.63) is 30.3 Å². The van der Waals surface area contributed by atoms with E-state index in [0.717, 1.165) is 45.7 Å². The van der Waals surface area contributed by atoms with Crippen molar-refractivity contribution in [1.82, 2.24) is 9.80 Å². The number of benzene rings is 1. The zero-order valence-corrected chi connectivity index (χ0v) is 14.4. The van der Waals surface area contributed by atoms with Gasteiger partial charge >= 0.3 is 0 Å². The zero-order chi connectivity index (χ0) is 16.2. The van der Waals surface area contributed by atoms with Gasteiger partial charge in [0.25, 0.3) is 0 Å². The lowest BCUT2D eigenvalue weighted by molar-refractivity contribution is -0.136. The first-order valence-corrected chi connectivity index (χ1v) is 8.98. The summed E-state index contributed by atoms with van der Waals surface area (Å²) in [7, 11) is 0. The maximum absolute atomic E-state index is 12.3. The summed E-state index contributed by atoms with van der Waals surface area (Å²) in [5, 5.41) is 0. The van der Waals surface area contributed by atoms with Crippen LogP contribution in [-0.2, 0) is 4.79 Å². The molecule has 126 valence electrons. The largest absolute Gasteiger partial charge is 0.369 e. The molecule has 0 aliphatic carbocycles. The first-order valence-electron chi connectivity index (χ1n) is 8.98. The van der Waals surface area contributed by atoms with Crippen molar-refractivity contribution in [1.29, 1.82) is 0 Å². The molecule has 0 saturated carbocycles. The Bertz CT molecular complexity index is 509. The maximum Gasteiger partial charge on any atom is 0.225 e. The molecule has 2 aliphatic rings. The van der Waals surface area contributed by atoms with Crippen LogP contribution < -0.4 is 4.90 Å². The van der Waals surface area contributed by atoms with Gasteiger partial charge in [0, 0.05) is 56.9 Å². The van der Waals surface area contributed by atoms with E-state index in [0.29, 0.717) is 11.9 Å². The molecule has 0 bridgehead atoms. The van der Waals surface area contributed by atoms with Gasteiger partial charge in [-0.2, -0.15) is 0 Å². The van der Waals surface area contributed by atoms with Crippen LogP contribution in [0.5, 0.6) is 0 Å². The topological polar surface area (TPSA) is 26.8 Å². The van der Waals surface area contributed by atoms with Crippen molar-refractivity contribution in [3.63, 3.8) is 0 Å². The van der Waals surface area contributed by atoms with Crippen molar-refractivity contribution in [3.8, 4) is 0 Å². The Hall–Kier alpha value is -1.55. The van der Waals surface area contributed by atoms with E-state index in [9.17, 15) is 4.79 Å². The minimum atomic E-state index is 0.115. The molecule has 2 saturated heterocycles. The molecule has 1 aromatic rings. The second-order valence-corrected chi connectivity index (χ2v) is 7.09. The predicted molar refractivity (Wildman–Crippen MR) is 94.7 cm³/mol. The second kappa shape index (κ2) is 7.35. The van der Waals surface area contributed by atoms with Gasteiger partial charge in [0.2, 0.25) is 5.91 Å². The lowest BCUT2D eigenvalue weighted by Crippen LogP contribution is -2.56. The number of piperidine rings is 1. The molecule has 2 aliphatic heterocycles. The standard InChI is InChI=1S/C19H29N3O/c1-16(2)19(23)22-10-6-9-18(15-22)21-13-11-20(12-14-21)17-7-4-3-5-8-17/h3-5,7-8,16,18H,6,9-15H2,1-2H3. The van der Waals surface area contributed by atoms with Gasteiger partial charge in [-0.1, -0.05) is 32.0 Å². The number of amides is 1. The summed E-state index contributed by atoms with van der Waals surface area (Å²) < 4.78 is 0. The molecule has 23 heavy (non-hydrogen) atoms. The van der Waals surface area contributed by atoms with E-state index < -0.39 is 0 Å². The Morgan fingerprint density at radius 2 is 1.74 bits per heavy atom. The first-order chi connectivity index (χ1) is 11.1. The van der Waals surface area contributed by atoms with Crippen molar-refractivity contribution < 1.29 is 4.79 Å². The summed E-state index contributed by atoms with van der Waals surface area (Å²) in [6.45, 7) is 10.2. The van der Waals surface area contributed by atoms with Gasteiger partial charge in [0.05, 0.1) is 0 Å². The molecule has 4 nitrogen and oxygen atoms in total. The number of likely N-dealkylation sites (tertiary alicyclic amines) is 1. The van der Waals surface area contributed by atoms with E-state index in [1.807, 2.05) is 13.8 Å². The molecule has 0 aromatic heterocycles.